The summed E-state index contributed by atoms with van der Waals surface area (Å²) in [5, 5.41) is 7.53. The van der Waals surface area contributed by atoms with Gasteiger partial charge in [-0.2, -0.15) is 0 Å². The molecule has 2 N–H and O–H groups in total. The minimum atomic E-state index is -3.89. The topological polar surface area (TPSA) is 130 Å². The molecular formula is C23H20N4O5S2. The Bertz CT molecular complexity index is 1760. The summed E-state index contributed by atoms with van der Waals surface area (Å²) in [5.41, 5.74) is 1.72. The second kappa shape index (κ2) is 8.35. The number of hydrogen-bond donors (Lipinski definition) is 1. The summed E-state index contributed by atoms with van der Waals surface area (Å²) in [7, 11) is -3.89. The normalized spacial score (nSPS) is 12.1. The van der Waals surface area contributed by atoms with E-state index in [1.165, 1.54) is 38.7 Å². The van der Waals surface area contributed by atoms with Crippen LogP contribution in [0.1, 0.15) is 17.0 Å². The van der Waals surface area contributed by atoms with Gasteiger partial charge in [-0.1, -0.05) is 30.3 Å². The Labute approximate surface area is 197 Å². The Morgan fingerprint density at radius 1 is 1.09 bits per heavy atom. The van der Waals surface area contributed by atoms with Crippen LogP contribution in [-0.4, -0.2) is 22.5 Å². The van der Waals surface area contributed by atoms with E-state index in [0.717, 1.165) is 11.1 Å². The summed E-state index contributed by atoms with van der Waals surface area (Å²) in [5.74, 6) is 0.212. The van der Waals surface area contributed by atoms with Crippen LogP contribution in [0.25, 0.3) is 21.3 Å². The van der Waals surface area contributed by atoms with Crippen molar-refractivity contribution < 1.29 is 12.8 Å². The molecule has 0 saturated carbocycles. The van der Waals surface area contributed by atoms with Crippen molar-refractivity contribution in [3.8, 4) is 0 Å². The molecule has 0 aliphatic heterocycles. The molecule has 0 bridgehead atoms. The fraction of sp³-hybridized carbons (Fsp3) is 0.174. The monoisotopic (exact) mass is 496 g/mol. The van der Waals surface area contributed by atoms with Crippen LogP contribution in [0.5, 0.6) is 0 Å². The van der Waals surface area contributed by atoms with E-state index < -0.39 is 15.7 Å². The summed E-state index contributed by atoms with van der Waals surface area (Å²) in [6.45, 7) is 2.06. The number of oxazole rings is 1. The number of aromatic nitrogens is 3. The van der Waals surface area contributed by atoms with Crippen molar-refractivity contribution in [2.24, 2.45) is 5.14 Å². The molecule has 0 aliphatic carbocycles. The predicted octanol–water partition coefficient (Wildman–Crippen LogP) is 2.61. The summed E-state index contributed by atoms with van der Waals surface area (Å²) in [6.07, 6.45) is 0.532. The van der Waals surface area contributed by atoms with E-state index >= 15 is 0 Å². The first kappa shape index (κ1) is 22.3. The number of rotatable bonds is 6. The molecular weight excluding hydrogens is 476 g/mol. The van der Waals surface area contributed by atoms with Crippen molar-refractivity contribution in [2.45, 2.75) is 31.3 Å². The number of nitrogens with two attached hydrogens (primary N) is 1. The molecule has 34 heavy (non-hydrogen) atoms. The highest BCUT2D eigenvalue weighted by molar-refractivity contribution is 7.89. The number of sulfonamides is 1. The van der Waals surface area contributed by atoms with Gasteiger partial charge in [-0.05, 0) is 48.1 Å². The second-order valence-electron chi connectivity index (χ2n) is 7.94. The molecule has 0 fully saturated rings. The quantitative estimate of drug-likeness (QED) is 0.385. The highest BCUT2D eigenvalue weighted by atomic mass is 32.2. The molecule has 3 heterocycles. The van der Waals surface area contributed by atoms with Crippen molar-refractivity contribution in [1.82, 2.24) is 14.1 Å². The minimum Gasteiger partial charge on any atom is -0.439 e. The first-order valence-corrected chi connectivity index (χ1v) is 12.8. The van der Waals surface area contributed by atoms with Gasteiger partial charge in [0.15, 0.2) is 5.58 Å². The molecule has 9 nitrogen and oxygen atoms in total. The number of fused-ring (bicyclic) bond motifs is 2. The number of aryl methyl sites for hydroxylation is 2. The molecule has 3 aromatic heterocycles. The summed E-state index contributed by atoms with van der Waals surface area (Å²) in [6, 6.07) is 13.8. The Kier molecular flexibility index (Phi) is 5.47. The highest BCUT2D eigenvalue weighted by Crippen LogP contribution is 2.24. The van der Waals surface area contributed by atoms with Crippen molar-refractivity contribution in [1.29, 1.82) is 0 Å². The van der Waals surface area contributed by atoms with Crippen molar-refractivity contribution in [3.63, 3.8) is 0 Å². The van der Waals surface area contributed by atoms with Crippen LogP contribution in [0.4, 0.5) is 0 Å². The third-order valence-electron chi connectivity index (χ3n) is 5.61. The maximum atomic E-state index is 13.4. The van der Waals surface area contributed by atoms with E-state index in [-0.39, 0.29) is 29.4 Å². The summed E-state index contributed by atoms with van der Waals surface area (Å²) < 4.78 is 31.8. The molecule has 5 aromatic rings. The average Bonchev–Trinajstić information content (AvgIpc) is 3.39. The number of benzene rings is 2. The Morgan fingerprint density at radius 3 is 2.59 bits per heavy atom. The Morgan fingerprint density at radius 2 is 1.85 bits per heavy atom. The van der Waals surface area contributed by atoms with Crippen molar-refractivity contribution in [2.75, 3.05) is 0 Å². The van der Waals surface area contributed by atoms with Crippen molar-refractivity contribution >= 4 is 42.7 Å². The number of primary sulfonamides is 1. The molecule has 0 spiro atoms. The molecule has 11 heteroatoms. The van der Waals surface area contributed by atoms with Crippen LogP contribution in [0.15, 0.2) is 72.8 Å². The van der Waals surface area contributed by atoms with Gasteiger partial charge in [0.1, 0.15) is 16.9 Å². The van der Waals surface area contributed by atoms with Crippen LogP contribution in [-0.2, 0) is 29.5 Å². The minimum absolute atomic E-state index is 0.0136. The van der Waals surface area contributed by atoms with Crippen molar-refractivity contribution in [3.05, 3.63) is 91.8 Å². The largest absolute Gasteiger partial charge is 0.439 e. The third-order valence-corrected chi connectivity index (χ3v) is 7.64. The van der Waals surface area contributed by atoms with Gasteiger partial charge < -0.3 is 4.42 Å². The van der Waals surface area contributed by atoms with E-state index in [0.29, 0.717) is 27.7 Å². The smallest absolute Gasteiger partial charge is 0.332 e. The Balaban J connectivity index is 1.59. The van der Waals surface area contributed by atoms with E-state index in [2.05, 4.69) is 4.98 Å². The summed E-state index contributed by atoms with van der Waals surface area (Å²) in [4.78, 5) is 31.4. The van der Waals surface area contributed by atoms with Crippen LogP contribution in [0, 0.1) is 6.92 Å². The molecule has 174 valence electrons. The third kappa shape index (κ3) is 3.98. The predicted molar refractivity (Wildman–Crippen MR) is 130 cm³/mol. The van der Waals surface area contributed by atoms with Crippen LogP contribution < -0.4 is 16.4 Å². The number of thiophene rings is 1. The van der Waals surface area contributed by atoms with E-state index in [4.69, 9.17) is 9.56 Å². The standard InChI is InChI=1S/C23H20N4O5S2/c1-14-13-33-22-20(14)21(28)26(10-9-15-5-3-2-4-6-15)23(29)27(22)12-19-25-17-11-16(34(24,30)31)7-8-18(17)32-19/h2-8,11,13H,9-10,12H2,1H3,(H2,24,30,31). The van der Waals surface area contributed by atoms with Gasteiger partial charge >= 0.3 is 5.69 Å². The van der Waals surface area contributed by atoms with Gasteiger partial charge in [-0.3, -0.25) is 13.9 Å². The summed E-state index contributed by atoms with van der Waals surface area (Å²) >= 11 is 1.31. The SMILES string of the molecule is Cc1csc2c1c(=O)n(CCc1ccccc1)c(=O)n2Cc1nc2cc(S(N)(=O)=O)ccc2o1. The Hall–Kier alpha value is -3.54. The van der Waals surface area contributed by atoms with Crippen LogP contribution >= 0.6 is 11.3 Å². The molecule has 0 atom stereocenters. The van der Waals surface area contributed by atoms with Crippen LogP contribution in [0.2, 0.25) is 0 Å². The maximum absolute atomic E-state index is 13.4. The first-order valence-electron chi connectivity index (χ1n) is 10.4. The molecule has 0 radical (unpaired) electrons. The van der Waals surface area contributed by atoms with E-state index in [1.807, 2.05) is 42.6 Å². The number of nitrogens with zero attached hydrogens (tertiary/aromatic N) is 3. The lowest BCUT2D eigenvalue weighted by Crippen LogP contribution is -2.40. The fourth-order valence-corrected chi connectivity index (χ4v) is 5.48. The van der Waals surface area contributed by atoms with Crippen LogP contribution in [0.3, 0.4) is 0 Å². The molecule has 0 unspecified atom stereocenters. The van der Waals surface area contributed by atoms with Gasteiger partial charge in [0.25, 0.3) is 5.56 Å². The fourth-order valence-electron chi connectivity index (χ4n) is 3.90. The van der Waals surface area contributed by atoms with Gasteiger partial charge in [0.2, 0.25) is 15.9 Å². The molecule has 0 amide bonds. The molecule has 2 aromatic carbocycles. The zero-order valence-electron chi connectivity index (χ0n) is 18.1. The average molecular weight is 497 g/mol. The van der Waals surface area contributed by atoms with E-state index in [9.17, 15) is 18.0 Å². The van der Waals surface area contributed by atoms with Gasteiger partial charge in [0, 0.05) is 6.54 Å². The molecule has 0 aliphatic rings. The highest BCUT2D eigenvalue weighted by Gasteiger charge is 2.19. The van der Waals surface area contributed by atoms with Gasteiger partial charge in [-0.25, -0.2) is 23.3 Å². The molecule has 5 rings (SSSR count). The maximum Gasteiger partial charge on any atom is 0.332 e. The number of hydrogen-bond acceptors (Lipinski definition) is 7. The second-order valence-corrected chi connectivity index (χ2v) is 10.4. The molecule has 0 saturated heterocycles. The van der Waals surface area contributed by atoms with E-state index in [1.54, 1.807) is 0 Å². The first-order chi connectivity index (χ1) is 16.2. The zero-order valence-corrected chi connectivity index (χ0v) is 19.7. The van der Waals surface area contributed by atoms with Gasteiger partial charge in [-0.15, -0.1) is 11.3 Å². The van der Waals surface area contributed by atoms with Gasteiger partial charge in [0.05, 0.1) is 10.3 Å². The zero-order chi connectivity index (χ0) is 24.0. The lowest BCUT2D eigenvalue weighted by atomic mass is 10.1. The lowest BCUT2D eigenvalue weighted by Gasteiger charge is -2.11. The lowest BCUT2D eigenvalue weighted by molar-refractivity contribution is 0.495.